The average Bonchev–Trinajstić information content (AvgIpc) is 2.54. The Balaban J connectivity index is 1.41. The first-order valence-electron chi connectivity index (χ1n) is 8.19. The van der Waals surface area contributed by atoms with E-state index in [4.69, 9.17) is 9.47 Å². The summed E-state index contributed by atoms with van der Waals surface area (Å²) in [4.78, 5) is 2.56. The molecule has 4 heteroatoms. The lowest BCUT2D eigenvalue weighted by Crippen LogP contribution is -2.47. The van der Waals surface area contributed by atoms with Crippen molar-refractivity contribution in [3.63, 3.8) is 0 Å². The van der Waals surface area contributed by atoms with Crippen molar-refractivity contribution in [1.29, 1.82) is 0 Å². The fourth-order valence-corrected chi connectivity index (χ4v) is 3.14. The van der Waals surface area contributed by atoms with Gasteiger partial charge < -0.3 is 19.7 Å². The molecule has 2 aliphatic rings. The quantitative estimate of drug-likeness (QED) is 0.902. The molecule has 0 spiro atoms. The minimum Gasteiger partial charge on any atom is -0.486 e. The van der Waals surface area contributed by atoms with E-state index in [0.29, 0.717) is 12.6 Å². The van der Waals surface area contributed by atoms with E-state index in [1.54, 1.807) is 0 Å². The minimum atomic E-state index is 0.119. The molecule has 3 rings (SSSR count). The number of hydrogen-bond acceptors (Lipinski definition) is 4. The van der Waals surface area contributed by atoms with Crippen LogP contribution in [0.5, 0.6) is 11.5 Å². The van der Waals surface area contributed by atoms with E-state index < -0.39 is 0 Å². The van der Waals surface area contributed by atoms with E-state index in [0.717, 1.165) is 18.0 Å². The van der Waals surface area contributed by atoms with Crippen molar-refractivity contribution < 1.29 is 9.47 Å². The SMILES string of the molecule is CCCN1CCC(NCC2COc3ccccc3O2)CC1. The maximum absolute atomic E-state index is 5.98. The molecule has 2 aliphatic heterocycles. The van der Waals surface area contributed by atoms with E-state index >= 15 is 0 Å². The zero-order chi connectivity index (χ0) is 14.5. The van der Waals surface area contributed by atoms with Gasteiger partial charge in [0.15, 0.2) is 11.5 Å². The Labute approximate surface area is 127 Å². The van der Waals surface area contributed by atoms with Crippen molar-refractivity contribution in [2.45, 2.75) is 38.3 Å². The van der Waals surface area contributed by atoms with Gasteiger partial charge in [-0.1, -0.05) is 19.1 Å². The summed E-state index contributed by atoms with van der Waals surface area (Å²) in [5, 5.41) is 3.65. The molecule has 1 unspecified atom stereocenters. The van der Waals surface area contributed by atoms with Crippen LogP contribution in [0.25, 0.3) is 0 Å². The summed E-state index contributed by atoms with van der Waals surface area (Å²) >= 11 is 0. The van der Waals surface area contributed by atoms with Crippen LogP contribution in [0.2, 0.25) is 0 Å². The standard InChI is InChI=1S/C17H26N2O2/c1-2-9-19-10-7-14(8-11-19)18-12-15-13-20-16-5-3-4-6-17(16)21-15/h3-6,14-15,18H,2,7-13H2,1H3. The van der Waals surface area contributed by atoms with Crippen molar-refractivity contribution in [1.82, 2.24) is 10.2 Å². The first kappa shape index (κ1) is 14.7. The van der Waals surface area contributed by atoms with Gasteiger partial charge in [0, 0.05) is 12.6 Å². The van der Waals surface area contributed by atoms with E-state index in [9.17, 15) is 0 Å². The number of hydrogen-bond donors (Lipinski definition) is 1. The summed E-state index contributed by atoms with van der Waals surface area (Å²) < 4.78 is 11.7. The third kappa shape index (κ3) is 3.89. The van der Waals surface area contributed by atoms with Crippen molar-refractivity contribution in [3.8, 4) is 11.5 Å². The van der Waals surface area contributed by atoms with Crippen molar-refractivity contribution >= 4 is 0 Å². The van der Waals surface area contributed by atoms with Crippen LogP contribution < -0.4 is 14.8 Å². The number of benzene rings is 1. The van der Waals surface area contributed by atoms with E-state index in [1.165, 1.54) is 38.9 Å². The Kier molecular flexibility index (Phi) is 4.99. The molecule has 1 fully saturated rings. The lowest BCUT2D eigenvalue weighted by Gasteiger charge is -2.33. The topological polar surface area (TPSA) is 33.7 Å². The molecule has 21 heavy (non-hydrogen) atoms. The molecule has 0 radical (unpaired) electrons. The lowest BCUT2D eigenvalue weighted by atomic mass is 10.0. The Hall–Kier alpha value is -1.26. The van der Waals surface area contributed by atoms with Gasteiger partial charge in [-0.25, -0.2) is 0 Å². The van der Waals surface area contributed by atoms with Crippen LogP contribution in [0.4, 0.5) is 0 Å². The zero-order valence-electron chi connectivity index (χ0n) is 12.9. The average molecular weight is 290 g/mol. The van der Waals surface area contributed by atoms with Crippen molar-refractivity contribution in [2.75, 3.05) is 32.8 Å². The molecule has 1 saturated heterocycles. The maximum Gasteiger partial charge on any atom is 0.161 e. The normalized spacial score (nSPS) is 23.2. The first-order chi connectivity index (χ1) is 10.3. The smallest absolute Gasteiger partial charge is 0.161 e. The van der Waals surface area contributed by atoms with Crippen molar-refractivity contribution in [3.05, 3.63) is 24.3 Å². The van der Waals surface area contributed by atoms with Gasteiger partial charge in [0.25, 0.3) is 0 Å². The van der Waals surface area contributed by atoms with Crippen LogP contribution in [-0.2, 0) is 0 Å². The van der Waals surface area contributed by atoms with Crippen LogP contribution in [0.15, 0.2) is 24.3 Å². The number of fused-ring (bicyclic) bond motifs is 1. The lowest BCUT2D eigenvalue weighted by molar-refractivity contribution is 0.0846. The van der Waals surface area contributed by atoms with E-state index in [1.807, 2.05) is 24.3 Å². The molecule has 1 aromatic carbocycles. The molecule has 0 bridgehead atoms. The summed E-state index contributed by atoms with van der Waals surface area (Å²) in [6.45, 7) is 7.43. The van der Waals surface area contributed by atoms with Gasteiger partial charge in [0.2, 0.25) is 0 Å². The Bertz CT molecular complexity index is 444. The van der Waals surface area contributed by atoms with Gasteiger partial charge >= 0.3 is 0 Å². The monoisotopic (exact) mass is 290 g/mol. The fourth-order valence-electron chi connectivity index (χ4n) is 3.14. The van der Waals surface area contributed by atoms with Gasteiger partial charge in [-0.3, -0.25) is 0 Å². The second-order valence-corrected chi connectivity index (χ2v) is 6.02. The molecule has 1 N–H and O–H groups in total. The summed E-state index contributed by atoms with van der Waals surface area (Å²) in [7, 11) is 0. The Morgan fingerprint density at radius 3 is 2.71 bits per heavy atom. The zero-order valence-corrected chi connectivity index (χ0v) is 12.9. The number of piperidine rings is 1. The van der Waals surface area contributed by atoms with Gasteiger partial charge in [0.1, 0.15) is 12.7 Å². The summed E-state index contributed by atoms with van der Waals surface area (Å²) in [6, 6.07) is 8.53. The van der Waals surface area contributed by atoms with Gasteiger partial charge in [-0.2, -0.15) is 0 Å². The molecular weight excluding hydrogens is 264 g/mol. The number of nitrogens with one attached hydrogen (secondary N) is 1. The predicted molar refractivity (Wildman–Crippen MR) is 84.1 cm³/mol. The highest BCUT2D eigenvalue weighted by Crippen LogP contribution is 2.30. The number of likely N-dealkylation sites (tertiary alicyclic amines) is 1. The molecule has 0 aliphatic carbocycles. The van der Waals surface area contributed by atoms with Crippen molar-refractivity contribution in [2.24, 2.45) is 0 Å². The second-order valence-electron chi connectivity index (χ2n) is 6.02. The molecule has 1 aromatic rings. The summed E-state index contributed by atoms with van der Waals surface area (Å²) in [5.41, 5.74) is 0. The first-order valence-corrected chi connectivity index (χ1v) is 8.19. The van der Waals surface area contributed by atoms with Gasteiger partial charge in [-0.15, -0.1) is 0 Å². The van der Waals surface area contributed by atoms with Crippen LogP contribution in [-0.4, -0.2) is 49.8 Å². The van der Waals surface area contributed by atoms with Gasteiger partial charge in [-0.05, 0) is 51.0 Å². The number of nitrogens with zero attached hydrogens (tertiary/aromatic N) is 1. The van der Waals surface area contributed by atoms with Crippen LogP contribution in [0.1, 0.15) is 26.2 Å². The highest BCUT2D eigenvalue weighted by atomic mass is 16.6. The summed E-state index contributed by atoms with van der Waals surface area (Å²) in [6.07, 6.45) is 3.85. The Morgan fingerprint density at radius 2 is 1.95 bits per heavy atom. The van der Waals surface area contributed by atoms with Crippen LogP contribution in [0, 0.1) is 0 Å². The second kappa shape index (κ2) is 7.14. The van der Waals surface area contributed by atoms with Gasteiger partial charge in [0.05, 0.1) is 0 Å². The largest absolute Gasteiger partial charge is 0.486 e. The van der Waals surface area contributed by atoms with Crippen LogP contribution in [0.3, 0.4) is 0 Å². The number of rotatable bonds is 5. The molecule has 4 nitrogen and oxygen atoms in total. The third-order valence-corrected chi connectivity index (χ3v) is 4.33. The summed E-state index contributed by atoms with van der Waals surface area (Å²) in [5.74, 6) is 1.73. The molecule has 0 amide bonds. The number of para-hydroxylation sites is 2. The molecular formula is C17H26N2O2. The predicted octanol–water partition coefficient (Wildman–Crippen LogP) is 2.29. The molecule has 0 saturated carbocycles. The number of ether oxygens (including phenoxy) is 2. The molecule has 116 valence electrons. The fraction of sp³-hybridized carbons (Fsp3) is 0.647. The highest BCUT2D eigenvalue weighted by molar-refractivity contribution is 5.40. The molecule has 1 atom stereocenters. The van der Waals surface area contributed by atoms with E-state index in [-0.39, 0.29) is 6.10 Å². The highest BCUT2D eigenvalue weighted by Gasteiger charge is 2.23. The Morgan fingerprint density at radius 1 is 1.19 bits per heavy atom. The maximum atomic E-state index is 5.98. The third-order valence-electron chi connectivity index (χ3n) is 4.33. The molecule has 0 aromatic heterocycles. The van der Waals surface area contributed by atoms with E-state index in [2.05, 4.69) is 17.1 Å². The minimum absolute atomic E-state index is 0.119. The molecule has 2 heterocycles. The van der Waals surface area contributed by atoms with Crippen LogP contribution >= 0.6 is 0 Å².